The Bertz CT molecular complexity index is 702. The molecular formula is C13H12F3N3O. The molecule has 7 heteroatoms. The summed E-state index contributed by atoms with van der Waals surface area (Å²) in [5, 5.41) is 3.17. The predicted octanol–water partition coefficient (Wildman–Crippen LogP) is 1.79. The third-order valence-electron chi connectivity index (χ3n) is 3.49. The average Bonchev–Trinajstić information content (AvgIpc) is 2.91. The second kappa shape index (κ2) is 4.59. The summed E-state index contributed by atoms with van der Waals surface area (Å²) in [7, 11) is 0. The fourth-order valence-electron chi connectivity index (χ4n) is 2.41. The number of rotatable bonds is 1. The first-order chi connectivity index (χ1) is 9.45. The van der Waals surface area contributed by atoms with E-state index in [2.05, 4.69) is 10.3 Å². The number of aromatic nitrogens is 2. The smallest absolute Gasteiger partial charge is 0.316 e. The lowest BCUT2D eigenvalue weighted by Crippen LogP contribution is -2.19. The molecule has 0 amide bonds. The minimum absolute atomic E-state index is 0.148. The van der Waals surface area contributed by atoms with Crippen LogP contribution in [0, 0.1) is 0 Å². The van der Waals surface area contributed by atoms with Crippen molar-refractivity contribution in [3.05, 3.63) is 46.0 Å². The molecule has 4 nitrogen and oxygen atoms in total. The summed E-state index contributed by atoms with van der Waals surface area (Å²) in [4.78, 5) is 16.3. The van der Waals surface area contributed by atoms with Crippen molar-refractivity contribution in [2.45, 2.75) is 18.5 Å². The number of alkyl halides is 3. The largest absolute Gasteiger partial charge is 0.417 e. The fourth-order valence-corrected chi connectivity index (χ4v) is 2.41. The Labute approximate surface area is 112 Å². The van der Waals surface area contributed by atoms with E-state index in [1.54, 1.807) is 0 Å². The molecule has 1 aliphatic rings. The van der Waals surface area contributed by atoms with Gasteiger partial charge in [-0.3, -0.25) is 9.20 Å². The molecule has 0 aromatic carbocycles. The number of fused-ring (bicyclic) bond motifs is 1. The molecule has 20 heavy (non-hydrogen) atoms. The first-order valence-electron chi connectivity index (χ1n) is 6.26. The summed E-state index contributed by atoms with van der Waals surface area (Å²) < 4.78 is 38.8. The average molecular weight is 283 g/mol. The Hall–Kier alpha value is -1.89. The Kier molecular flexibility index (Phi) is 3.01. The Morgan fingerprint density at radius 2 is 2.15 bits per heavy atom. The number of nitrogens with one attached hydrogen (secondary N) is 1. The molecule has 1 aliphatic heterocycles. The monoisotopic (exact) mass is 283 g/mol. The summed E-state index contributed by atoms with van der Waals surface area (Å²) >= 11 is 0. The van der Waals surface area contributed by atoms with Crippen LogP contribution in [0.1, 0.15) is 23.6 Å². The summed E-state index contributed by atoms with van der Waals surface area (Å²) in [6, 6.07) is 3.50. The standard InChI is InChI=1S/C13H12F3N3O/c14-13(15,16)9-1-2-11-18-10(8-3-4-17-6-8)5-12(20)19(11)7-9/h1-2,5,7-8,17H,3-4,6H2. The highest BCUT2D eigenvalue weighted by Crippen LogP contribution is 2.29. The highest BCUT2D eigenvalue weighted by atomic mass is 19.4. The van der Waals surface area contributed by atoms with Crippen molar-refractivity contribution in [3.63, 3.8) is 0 Å². The Morgan fingerprint density at radius 1 is 1.35 bits per heavy atom. The van der Waals surface area contributed by atoms with Gasteiger partial charge in [-0.05, 0) is 25.1 Å². The number of hydrogen-bond acceptors (Lipinski definition) is 3. The molecule has 0 radical (unpaired) electrons. The predicted molar refractivity (Wildman–Crippen MR) is 66.7 cm³/mol. The van der Waals surface area contributed by atoms with Crippen molar-refractivity contribution in [2.75, 3.05) is 13.1 Å². The summed E-state index contributed by atoms with van der Waals surface area (Å²) in [5.74, 6) is 0.148. The SMILES string of the molecule is O=c1cc(C2CCNC2)nc2ccc(C(F)(F)F)cn12. The van der Waals surface area contributed by atoms with Gasteiger partial charge in [-0.2, -0.15) is 13.2 Å². The number of halogens is 3. The van der Waals surface area contributed by atoms with E-state index in [1.165, 1.54) is 12.1 Å². The van der Waals surface area contributed by atoms with E-state index in [9.17, 15) is 18.0 Å². The van der Waals surface area contributed by atoms with Gasteiger partial charge < -0.3 is 5.32 Å². The fraction of sp³-hybridized carbons (Fsp3) is 0.385. The summed E-state index contributed by atoms with van der Waals surface area (Å²) in [5.41, 5.74) is -0.459. The van der Waals surface area contributed by atoms with Crippen LogP contribution in [-0.2, 0) is 6.18 Å². The first-order valence-corrected chi connectivity index (χ1v) is 6.26. The second-order valence-corrected chi connectivity index (χ2v) is 4.85. The highest BCUT2D eigenvalue weighted by molar-refractivity contribution is 5.41. The van der Waals surface area contributed by atoms with Crippen molar-refractivity contribution in [3.8, 4) is 0 Å². The van der Waals surface area contributed by atoms with Crippen LogP contribution in [0.4, 0.5) is 13.2 Å². The lowest BCUT2D eigenvalue weighted by molar-refractivity contribution is -0.137. The van der Waals surface area contributed by atoms with Crippen LogP contribution in [0.5, 0.6) is 0 Å². The van der Waals surface area contributed by atoms with Crippen LogP contribution in [0.2, 0.25) is 0 Å². The molecule has 1 unspecified atom stereocenters. The molecule has 1 fully saturated rings. The van der Waals surface area contributed by atoms with Gasteiger partial charge in [0.25, 0.3) is 5.56 Å². The zero-order valence-electron chi connectivity index (χ0n) is 10.4. The second-order valence-electron chi connectivity index (χ2n) is 4.85. The van der Waals surface area contributed by atoms with E-state index in [4.69, 9.17) is 0 Å². The normalized spacial score (nSPS) is 19.6. The molecule has 0 saturated carbocycles. The van der Waals surface area contributed by atoms with E-state index < -0.39 is 17.3 Å². The summed E-state index contributed by atoms with van der Waals surface area (Å²) in [6.45, 7) is 1.60. The van der Waals surface area contributed by atoms with Gasteiger partial charge in [0.05, 0.1) is 11.3 Å². The Balaban J connectivity index is 2.12. The Morgan fingerprint density at radius 3 is 2.80 bits per heavy atom. The van der Waals surface area contributed by atoms with Gasteiger partial charge in [-0.15, -0.1) is 0 Å². The third-order valence-corrected chi connectivity index (χ3v) is 3.49. The van der Waals surface area contributed by atoms with Gasteiger partial charge in [-0.25, -0.2) is 4.98 Å². The molecule has 3 heterocycles. The van der Waals surface area contributed by atoms with Crippen LogP contribution < -0.4 is 10.9 Å². The van der Waals surface area contributed by atoms with Crippen molar-refractivity contribution in [1.29, 1.82) is 0 Å². The maximum atomic E-state index is 12.6. The van der Waals surface area contributed by atoms with E-state index in [0.29, 0.717) is 5.69 Å². The molecule has 3 rings (SSSR count). The third kappa shape index (κ3) is 2.29. The minimum atomic E-state index is -4.47. The maximum Gasteiger partial charge on any atom is 0.417 e. The number of pyridine rings is 1. The van der Waals surface area contributed by atoms with Gasteiger partial charge in [0.2, 0.25) is 0 Å². The van der Waals surface area contributed by atoms with Gasteiger partial charge in [0.15, 0.2) is 0 Å². The molecule has 2 aromatic heterocycles. The van der Waals surface area contributed by atoms with Crippen LogP contribution >= 0.6 is 0 Å². The highest BCUT2D eigenvalue weighted by Gasteiger charge is 2.31. The molecule has 1 atom stereocenters. The number of nitrogens with zero attached hydrogens (tertiary/aromatic N) is 2. The molecule has 106 valence electrons. The minimum Gasteiger partial charge on any atom is -0.316 e. The van der Waals surface area contributed by atoms with E-state index in [0.717, 1.165) is 36.2 Å². The van der Waals surface area contributed by atoms with Crippen LogP contribution in [-0.4, -0.2) is 22.5 Å². The molecule has 0 bridgehead atoms. The first kappa shape index (κ1) is 13.1. The van der Waals surface area contributed by atoms with Crippen molar-refractivity contribution in [2.24, 2.45) is 0 Å². The summed E-state index contributed by atoms with van der Waals surface area (Å²) in [6.07, 6.45) is -2.80. The molecule has 1 N–H and O–H groups in total. The van der Waals surface area contributed by atoms with Gasteiger partial charge in [-0.1, -0.05) is 0 Å². The lowest BCUT2D eigenvalue weighted by atomic mass is 10.0. The molecule has 0 aliphatic carbocycles. The maximum absolute atomic E-state index is 12.6. The van der Waals surface area contributed by atoms with E-state index in [1.807, 2.05) is 0 Å². The van der Waals surface area contributed by atoms with Crippen LogP contribution in [0.25, 0.3) is 5.65 Å². The van der Waals surface area contributed by atoms with E-state index in [-0.39, 0.29) is 11.6 Å². The van der Waals surface area contributed by atoms with Crippen molar-refractivity contribution < 1.29 is 13.2 Å². The quantitative estimate of drug-likeness (QED) is 0.868. The van der Waals surface area contributed by atoms with Crippen LogP contribution in [0.3, 0.4) is 0 Å². The van der Waals surface area contributed by atoms with Gasteiger partial charge in [0.1, 0.15) is 5.65 Å². The molecular weight excluding hydrogens is 271 g/mol. The number of hydrogen-bond donors (Lipinski definition) is 1. The molecule has 1 saturated heterocycles. The van der Waals surface area contributed by atoms with Crippen LogP contribution in [0.15, 0.2) is 29.2 Å². The zero-order chi connectivity index (χ0) is 14.3. The lowest BCUT2D eigenvalue weighted by Gasteiger charge is -2.11. The topological polar surface area (TPSA) is 46.4 Å². The van der Waals surface area contributed by atoms with Crippen molar-refractivity contribution >= 4 is 5.65 Å². The molecule has 2 aromatic rings. The van der Waals surface area contributed by atoms with Gasteiger partial charge in [0, 0.05) is 24.7 Å². The van der Waals surface area contributed by atoms with Gasteiger partial charge >= 0.3 is 6.18 Å². The van der Waals surface area contributed by atoms with Crippen molar-refractivity contribution in [1.82, 2.24) is 14.7 Å². The zero-order valence-corrected chi connectivity index (χ0v) is 10.4. The van der Waals surface area contributed by atoms with E-state index >= 15 is 0 Å². The molecule has 0 spiro atoms.